The van der Waals surface area contributed by atoms with Crippen molar-refractivity contribution in [1.82, 2.24) is 33.9 Å². The van der Waals surface area contributed by atoms with Gasteiger partial charge in [-0.2, -0.15) is 9.40 Å². The van der Waals surface area contributed by atoms with Crippen LogP contribution in [0.4, 0.5) is 0 Å². The minimum absolute atomic E-state index is 0.0507. The van der Waals surface area contributed by atoms with Gasteiger partial charge in [0, 0.05) is 58.6 Å². The summed E-state index contributed by atoms with van der Waals surface area (Å²) in [6.45, 7) is 3.55. The van der Waals surface area contributed by atoms with E-state index in [2.05, 4.69) is 15.4 Å². The minimum atomic E-state index is -4.03. The number of hydrogen-bond acceptors (Lipinski definition) is 6. The van der Waals surface area contributed by atoms with Gasteiger partial charge in [0.05, 0.1) is 12.4 Å². The van der Waals surface area contributed by atoms with Crippen LogP contribution >= 0.6 is 0 Å². The van der Waals surface area contributed by atoms with Crippen LogP contribution < -0.4 is 5.32 Å². The van der Waals surface area contributed by atoms with Crippen LogP contribution in [-0.4, -0.2) is 74.9 Å². The first kappa shape index (κ1) is 25.6. The number of hydrogen-bond donors (Lipinski definition) is 1. The number of nitrogens with one attached hydrogen (secondary N) is 1. The zero-order chi connectivity index (χ0) is 25.7. The lowest BCUT2D eigenvalue weighted by Gasteiger charge is -2.30. The molecule has 1 aromatic carbocycles. The van der Waals surface area contributed by atoms with Crippen molar-refractivity contribution in [1.29, 1.82) is 0 Å². The molecule has 11 nitrogen and oxygen atoms in total. The van der Waals surface area contributed by atoms with Crippen LogP contribution in [0, 0.1) is 0 Å². The summed E-state index contributed by atoms with van der Waals surface area (Å²) in [4.78, 5) is 31.8. The largest absolute Gasteiger partial charge is 0.354 e. The number of carbonyl (C=O) groups is 2. The molecule has 192 valence electrons. The summed E-state index contributed by atoms with van der Waals surface area (Å²) in [6, 6.07) is 10.1. The average Bonchev–Trinajstić information content (AvgIpc) is 3.53. The Morgan fingerprint density at radius 2 is 1.92 bits per heavy atom. The Balaban J connectivity index is 1.66. The summed E-state index contributed by atoms with van der Waals surface area (Å²) >= 11 is 0. The molecule has 12 heteroatoms. The number of nitrogens with zero attached hydrogens (tertiary/aromatic N) is 6. The molecule has 1 aliphatic heterocycles. The summed E-state index contributed by atoms with van der Waals surface area (Å²) in [5, 5.41) is 7.07. The van der Waals surface area contributed by atoms with Crippen molar-refractivity contribution < 1.29 is 18.0 Å². The van der Waals surface area contributed by atoms with Crippen molar-refractivity contribution in [2.24, 2.45) is 7.05 Å². The highest BCUT2D eigenvalue weighted by molar-refractivity contribution is 7.89. The molecule has 3 aromatic rings. The highest BCUT2D eigenvalue weighted by Gasteiger charge is 2.35. The molecule has 4 rings (SSSR count). The first-order valence-corrected chi connectivity index (χ1v) is 13.4. The fourth-order valence-electron chi connectivity index (χ4n) is 4.27. The summed E-state index contributed by atoms with van der Waals surface area (Å²) in [7, 11) is -2.33. The second-order valence-electron chi connectivity index (χ2n) is 8.68. The predicted octanol–water partition coefficient (Wildman–Crippen LogP) is 1.42. The predicted molar refractivity (Wildman–Crippen MR) is 132 cm³/mol. The van der Waals surface area contributed by atoms with Crippen LogP contribution in [0.3, 0.4) is 0 Å². The van der Waals surface area contributed by atoms with Gasteiger partial charge in [0.1, 0.15) is 5.69 Å². The van der Waals surface area contributed by atoms with Crippen LogP contribution in [0.1, 0.15) is 41.9 Å². The molecule has 1 saturated heterocycles. The lowest BCUT2D eigenvalue weighted by molar-refractivity contribution is -0.122. The van der Waals surface area contributed by atoms with Gasteiger partial charge in [0.2, 0.25) is 5.91 Å². The number of benzene rings is 1. The Bertz CT molecular complexity index is 1300. The SMILES string of the molecule is CCn1ccc(C(=O)N2CCCN(S(=O)(=O)c3cn(C)cn3)C(c3ccccc3)CC(=O)NCC2)n1. The lowest BCUT2D eigenvalue weighted by Crippen LogP contribution is -2.39. The molecule has 1 aliphatic rings. The number of amides is 2. The molecule has 0 bridgehead atoms. The Morgan fingerprint density at radius 3 is 2.58 bits per heavy atom. The summed E-state index contributed by atoms with van der Waals surface area (Å²) < 4.78 is 32.1. The number of imidazole rings is 1. The molecule has 1 N–H and O–H groups in total. The molecule has 2 aromatic heterocycles. The fourth-order valence-corrected chi connectivity index (χ4v) is 5.89. The van der Waals surface area contributed by atoms with Gasteiger partial charge in [-0.25, -0.2) is 13.4 Å². The van der Waals surface area contributed by atoms with Gasteiger partial charge < -0.3 is 14.8 Å². The number of sulfonamides is 1. The molecule has 1 fully saturated rings. The second-order valence-corrected chi connectivity index (χ2v) is 10.5. The van der Waals surface area contributed by atoms with Crippen LogP contribution in [0.25, 0.3) is 0 Å². The van der Waals surface area contributed by atoms with E-state index in [1.54, 1.807) is 33.5 Å². The molecule has 0 saturated carbocycles. The van der Waals surface area contributed by atoms with Gasteiger partial charge in [-0.3, -0.25) is 14.3 Å². The Kier molecular flexibility index (Phi) is 7.85. The van der Waals surface area contributed by atoms with Crippen molar-refractivity contribution in [3.8, 4) is 0 Å². The Hall–Kier alpha value is -3.51. The normalized spacial score (nSPS) is 18.4. The van der Waals surface area contributed by atoms with Crippen molar-refractivity contribution in [2.45, 2.75) is 37.4 Å². The van der Waals surface area contributed by atoms with Crippen LogP contribution in [0.15, 0.2) is 60.1 Å². The molecular weight excluding hydrogens is 482 g/mol. The quantitative estimate of drug-likeness (QED) is 0.551. The summed E-state index contributed by atoms with van der Waals surface area (Å²) in [6.07, 6.45) is 4.95. The van der Waals surface area contributed by atoms with Crippen LogP contribution in [0.2, 0.25) is 0 Å². The first-order chi connectivity index (χ1) is 17.3. The van der Waals surface area contributed by atoms with Gasteiger partial charge in [0.25, 0.3) is 15.9 Å². The second kappa shape index (κ2) is 11.0. The van der Waals surface area contributed by atoms with Gasteiger partial charge in [-0.05, 0) is 25.0 Å². The zero-order valence-corrected chi connectivity index (χ0v) is 21.3. The van der Waals surface area contributed by atoms with E-state index in [1.807, 2.05) is 37.3 Å². The van der Waals surface area contributed by atoms with E-state index in [4.69, 9.17) is 0 Å². The average molecular weight is 514 g/mol. The fraction of sp³-hybridized carbons (Fsp3) is 0.417. The Labute approximate surface area is 210 Å². The topological polar surface area (TPSA) is 122 Å². The van der Waals surface area contributed by atoms with Gasteiger partial charge in [-0.15, -0.1) is 0 Å². The minimum Gasteiger partial charge on any atom is -0.354 e. The standard InChI is InChI=1S/C24H31N7O4S/c1-3-30-14-10-20(27-30)24(33)29-12-7-13-31(36(34,35)23-17-28(2)18-26-23)21(16-22(32)25-11-15-29)19-8-5-4-6-9-19/h4-6,8-10,14,17-18,21H,3,7,11-13,15-16H2,1-2H3,(H,25,32). The number of aryl methyl sites for hydroxylation is 2. The van der Waals surface area contributed by atoms with Gasteiger partial charge >= 0.3 is 0 Å². The van der Waals surface area contributed by atoms with E-state index in [0.29, 0.717) is 37.3 Å². The highest BCUT2D eigenvalue weighted by Crippen LogP contribution is 2.30. The third-order valence-corrected chi connectivity index (χ3v) is 7.94. The third-order valence-electron chi connectivity index (χ3n) is 6.15. The van der Waals surface area contributed by atoms with Crippen molar-refractivity contribution in [2.75, 3.05) is 26.2 Å². The van der Waals surface area contributed by atoms with Gasteiger partial charge in [-0.1, -0.05) is 30.3 Å². The maximum Gasteiger partial charge on any atom is 0.274 e. The third kappa shape index (κ3) is 5.65. The van der Waals surface area contributed by atoms with Crippen molar-refractivity contribution >= 4 is 21.8 Å². The maximum absolute atomic E-state index is 13.7. The van der Waals surface area contributed by atoms with Crippen molar-refractivity contribution in [3.63, 3.8) is 0 Å². The van der Waals surface area contributed by atoms with Gasteiger partial charge in [0.15, 0.2) is 5.03 Å². The molecule has 36 heavy (non-hydrogen) atoms. The number of aromatic nitrogens is 4. The maximum atomic E-state index is 13.7. The van der Waals surface area contributed by atoms with Crippen LogP contribution in [-0.2, 0) is 28.4 Å². The Morgan fingerprint density at radius 1 is 1.14 bits per heavy atom. The van der Waals surface area contributed by atoms with Crippen molar-refractivity contribution in [3.05, 3.63) is 66.4 Å². The van der Waals surface area contributed by atoms with Crippen LogP contribution in [0.5, 0.6) is 0 Å². The van der Waals surface area contributed by atoms with E-state index >= 15 is 0 Å². The smallest absolute Gasteiger partial charge is 0.274 e. The zero-order valence-electron chi connectivity index (χ0n) is 20.4. The highest BCUT2D eigenvalue weighted by atomic mass is 32.2. The molecule has 1 atom stereocenters. The molecular formula is C24H31N7O4S. The monoisotopic (exact) mass is 513 g/mol. The van der Waals surface area contributed by atoms with E-state index in [-0.39, 0.29) is 36.4 Å². The number of carbonyl (C=O) groups excluding carboxylic acids is 2. The molecule has 2 amide bonds. The molecule has 0 radical (unpaired) electrons. The molecule has 1 unspecified atom stereocenters. The summed E-state index contributed by atoms with van der Waals surface area (Å²) in [5.74, 6) is -0.552. The van der Waals surface area contributed by atoms with E-state index < -0.39 is 16.1 Å². The molecule has 0 aliphatic carbocycles. The van der Waals surface area contributed by atoms with E-state index in [9.17, 15) is 18.0 Å². The summed E-state index contributed by atoms with van der Waals surface area (Å²) in [5.41, 5.74) is 1.03. The molecule has 0 spiro atoms. The molecule has 3 heterocycles. The van der Waals surface area contributed by atoms with E-state index in [1.165, 1.54) is 16.8 Å². The number of rotatable bonds is 5. The first-order valence-electron chi connectivity index (χ1n) is 11.9. The van der Waals surface area contributed by atoms with E-state index in [0.717, 1.165) is 0 Å². The lowest BCUT2D eigenvalue weighted by atomic mass is 10.0.